The number of amides is 3. The van der Waals surface area contributed by atoms with Crippen LogP contribution in [0.3, 0.4) is 0 Å². The Morgan fingerprint density at radius 3 is 2.44 bits per heavy atom. The molecule has 1 atom stereocenters. The zero-order chi connectivity index (χ0) is 40.6. The predicted molar refractivity (Wildman–Crippen MR) is 224 cm³/mol. The van der Waals surface area contributed by atoms with Crippen molar-refractivity contribution in [2.24, 2.45) is 13.0 Å². The highest BCUT2D eigenvalue weighted by atomic mass is 16.5. The summed E-state index contributed by atoms with van der Waals surface area (Å²) >= 11 is 0. The van der Waals surface area contributed by atoms with E-state index in [2.05, 4.69) is 49.4 Å². The second-order valence-corrected chi connectivity index (χ2v) is 16.7. The number of ether oxygens (including phenoxy) is 2. The van der Waals surface area contributed by atoms with E-state index in [4.69, 9.17) is 14.6 Å². The first-order valence-electron chi connectivity index (χ1n) is 21.3. The highest BCUT2D eigenvalue weighted by Gasteiger charge is 2.33. The molecule has 2 bridgehead atoms. The molecule has 0 spiro atoms. The lowest BCUT2D eigenvalue weighted by atomic mass is 9.85. The van der Waals surface area contributed by atoms with Gasteiger partial charge in [0.2, 0.25) is 17.7 Å². The largest absolute Gasteiger partial charge is 0.491 e. The van der Waals surface area contributed by atoms with Gasteiger partial charge in [0.15, 0.2) is 0 Å². The number of nitrogens with one attached hydrogen (secondary N) is 2. The molecule has 15 nitrogen and oxygen atoms in total. The molecule has 9 rings (SSSR count). The van der Waals surface area contributed by atoms with Gasteiger partial charge in [-0.25, -0.2) is 9.78 Å². The first-order valence-corrected chi connectivity index (χ1v) is 21.3. The number of imide groups is 1. The summed E-state index contributed by atoms with van der Waals surface area (Å²) in [7, 11) is 4.03. The molecule has 3 aliphatic heterocycles. The van der Waals surface area contributed by atoms with E-state index in [0.717, 1.165) is 105 Å². The Kier molecular flexibility index (Phi) is 10.9. The minimum atomic E-state index is -0.698. The quantitative estimate of drug-likeness (QED) is 0.208. The fourth-order valence-corrected chi connectivity index (χ4v) is 9.62. The molecule has 310 valence electrons. The van der Waals surface area contributed by atoms with Crippen LogP contribution in [0.15, 0.2) is 59.5 Å². The van der Waals surface area contributed by atoms with Gasteiger partial charge in [-0.3, -0.25) is 33.5 Å². The van der Waals surface area contributed by atoms with Crippen molar-refractivity contribution in [2.75, 3.05) is 50.1 Å². The molecule has 5 aromatic rings. The van der Waals surface area contributed by atoms with Crippen LogP contribution in [-0.4, -0.2) is 92.5 Å². The van der Waals surface area contributed by atoms with Gasteiger partial charge in [-0.2, -0.15) is 5.10 Å². The Bertz CT molecular complexity index is 2440. The number of nitrogens with zero attached hydrogens (tertiary/aromatic N) is 7. The third-order valence-corrected chi connectivity index (χ3v) is 12.9. The van der Waals surface area contributed by atoms with E-state index in [1.54, 1.807) is 34.4 Å². The van der Waals surface area contributed by atoms with Crippen molar-refractivity contribution < 1.29 is 23.9 Å². The van der Waals surface area contributed by atoms with Crippen molar-refractivity contribution in [1.82, 2.24) is 34.1 Å². The molecule has 3 amide bonds. The van der Waals surface area contributed by atoms with E-state index in [-0.39, 0.29) is 29.6 Å². The number of pyridine rings is 1. The van der Waals surface area contributed by atoms with Crippen LogP contribution in [0.2, 0.25) is 0 Å². The maximum atomic E-state index is 13.5. The number of para-hydroxylation sites is 1. The third kappa shape index (κ3) is 7.91. The predicted octanol–water partition coefficient (Wildman–Crippen LogP) is 5.59. The lowest BCUT2D eigenvalue weighted by molar-refractivity contribution is -0.135. The molecule has 2 N–H and O–H groups in total. The van der Waals surface area contributed by atoms with Crippen LogP contribution in [-0.2, 0) is 16.6 Å². The number of hydrogen-bond donors (Lipinski definition) is 2. The fourth-order valence-electron chi connectivity index (χ4n) is 9.62. The van der Waals surface area contributed by atoms with Gasteiger partial charge in [0, 0.05) is 62.9 Å². The third-order valence-electron chi connectivity index (χ3n) is 12.9. The van der Waals surface area contributed by atoms with Crippen molar-refractivity contribution in [3.63, 3.8) is 0 Å². The molecular weight excluding hydrogens is 751 g/mol. The second kappa shape index (κ2) is 16.5. The van der Waals surface area contributed by atoms with Crippen LogP contribution < -0.4 is 30.7 Å². The van der Waals surface area contributed by atoms with Crippen LogP contribution in [0.25, 0.3) is 21.9 Å². The number of aromatic nitrogens is 5. The minimum Gasteiger partial charge on any atom is -0.491 e. The molecule has 2 saturated heterocycles. The number of carbonyl (C=O) groups excluding carboxylic acids is 3. The molecule has 0 radical (unpaired) electrons. The van der Waals surface area contributed by atoms with Gasteiger partial charge in [-0.15, -0.1) is 0 Å². The highest BCUT2D eigenvalue weighted by molar-refractivity contribution is 6.05. The first-order chi connectivity index (χ1) is 28.7. The summed E-state index contributed by atoms with van der Waals surface area (Å²) in [6, 6.07) is 15.2. The number of carbonyl (C=O) groups is 3. The number of fused-ring (bicyclic) bond motifs is 5. The Morgan fingerprint density at radius 1 is 0.864 bits per heavy atom. The summed E-state index contributed by atoms with van der Waals surface area (Å²) in [5.74, 6) is 0.655. The number of piperidine rings is 2. The van der Waals surface area contributed by atoms with Crippen LogP contribution in [0.5, 0.6) is 11.6 Å². The summed E-state index contributed by atoms with van der Waals surface area (Å²) in [5, 5.41) is 11.4. The highest BCUT2D eigenvalue weighted by Crippen LogP contribution is 2.37. The maximum Gasteiger partial charge on any atom is 0.329 e. The van der Waals surface area contributed by atoms with Gasteiger partial charge in [0.05, 0.1) is 47.2 Å². The van der Waals surface area contributed by atoms with E-state index in [1.165, 1.54) is 0 Å². The number of aryl methyl sites for hydroxylation is 1. The first kappa shape index (κ1) is 38.8. The number of rotatable bonds is 6. The second-order valence-electron chi connectivity index (χ2n) is 16.7. The summed E-state index contributed by atoms with van der Waals surface area (Å²) in [6.45, 7) is 3.90. The van der Waals surface area contributed by atoms with E-state index >= 15 is 0 Å². The average molecular weight is 804 g/mol. The van der Waals surface area contributed by atoms with Gasteiger partial charge in [0.1, 0.15) is 17.5 Å². The van der Waals surface area contributed by atoms with Gasteiger partial charge in [0.25, 0.3) is 5.91 Å². The van der Waals surface area contributed by atoms with Crippen molar-refractivity contribution in [3.05, 3.63) is 70.9 Å². The van der Waals surface area contributed by atoms with Gasteiger partial charge in [-0.1, -0.05) is 12.1 Å². The lowest BCUT2D eigenvalue weighted by Crippen LogP contribution is -2.45. The van der Waals surface area contributed by atoms with Crippen molar-refractivity contribution in [2.45, 2.75) is 88.8 Å². The maximum absolute atomic E-state index is 13.5. The Balaban J connectivity index is 0.814. The van der Waals surface area contributed by atoms with E-state index in [9.17, 15) is 19.2 Å². The molecule has 15 heteroatoms. The molecule has 1 unspecified atom stereocenters. The molecule has 4 aliphatic rings. The summed E-state index contributed by atoms with van der Waals surface area (Å²) in [6.07, 6.45) is 11.8. The molecule has 1 saturated carbocycles. The van der Waals surface area contributed by atoms with Crippen molar-refractivity contribution >= 4 is 51.0 Å². The summed E-state index contributed by atoms with van der Waals surface area (Å²) in [5.41, 5.74) is 4.07. The van der Waals surface area contributed by atoms with Crippen molar-refractivity contribution in [3.8, 4) is 11.6 Å². The molecule has 3 fully saturated rings. The van der Waals surface area contributed by atoms with E-state index in [1.807, 2.05) is 24.3 Å². The Morgan fingerprint density at radius 2 is 1.64 bits per heavy atom. The number of imidazole rings is 1. The number of anilines is 2. The van der Waals surface area contributed by atoms with Crippen molar-refractivity contribution in [1.29, 1.82) is 0 Å². The van der Waals surface area contributed by atoms with Crippen LogP contribution in [0.4, 0.5) is 11.4 Å². The normalized spacial score (nSPS) is 22.4. The van der Waals surface area contributed by atoms with E-state index < -0.39 is 11.9 Å². The summed E-state index contributed by atoms with van der Waals surface area (Å²) in [4.78, 5) is 60.7. The molecule has 59 heavy (non-hydrogen) atoms. The molecule has 6 heterocycles. The fraction of sp³-hybridized carbons (Fsp3) is 0.500. The Hall–Kier alpha value is -5.70. The smallest absolute Gasteiger partial charge is 0.329 e. The van der Waals surface area contributed by atoms with Gasteiger partial charge >= 0.3 is 5.69 Å². The molecule has 2 aromatic carbocycles. The average Bonchev–Trinajstić information content (AvgIpc) is 3.77. The van der Waals surface area contributed by atoms with Gasteiger partial charge in [-0.05, 0) is 101 Å². The van der Waals surface area contributed by atoms with Crippen LogP contribution in [0, 0.1) is 5.92 Å². The lowest BCUT2D eigenvalue weighted by Gasteiger charge is -2.40. The van der Waals surface area contributed by atoms with Gasteiger partial charge < -0.3 is 24.6 Å². The van der Waals surface area contributed by atoms with Crippen LogP contribution >= 0.6 is 0 Å². The number of benzene rings is 2. The monoisotopic (exact) mass is 803 g/mol. The van der Waals surface area contributed by atoms with E-state index in [0.29, 0.717) is 55.0 Å². The zero-order valence-corrected chi connectivity index (χ0v) is 33.9. The molecular formula is C44H53N9O6. The molecule has 3 aromatic heterocycles. The minimum absolute atomic E-state index is 0.218. The standard InChI is InChI=1S/C44H53N9O6/c1-49(30-18-20-51(21-19-30)35-9-7-10-36-41(35)50(2)44(57)53(36)37-16-17-39(54)47-43(37)56)26-28-12-14-31(15-13-28)52-27-29-24-34-38(25-33(29)48-52)58-22-4-3-5-23-59-40-11-6-8-32(45-40)42(55)46-34/h6-11,24-25,27-28,30-31,37H,3-5,12-23,26H2,1-2H3,(H,46,55)(H,47,54,56). The topological polar surface area (TPSA) is 158 Å². The summed E-state index contributed by atoms with van der Waals surface area (Å²) < 4.78 is 17.3. The zero-order valence-electron chi connectivity index (χ0n) is 33.9. The Labute approximate surface area is 342 Å². The SMILES string of the molecule is CN(CC1CCC(n2cc3cc4c(cc3n2)OCCCCCOc2cccc(n2)C(=O)N4)CC1)C1CCN(c2cccc3c2n(C)c(=O)n3C2CCC(=O)NC2=O)CC1. The van der Waals surface area contributed by atoms with Crippen LogP contribution in [0.1, 0.15) is 93.2 Å². The molecule has 1 aliphatic carbocycles. The number of hydrogen-bond acceptors (Lipinski definition) is 10.